The number of hydrogen-bond acceptors (Lipinski definition) is 7. The summed E-state index contributed by atoms with van der Waals surface area (Å²) in [7, 11) is 0. The molecular weight excluding hydrogens is 545 g/mol. The fourth-order valence-electron chi connectivity index (χ4n) is 5.71. The zero-order valence-electron chi connectivity index (χ0n) is 22.9. The first-order valence-electron chi connectivity index (χ1n) is 13.7. The van der Waals surface area contributed by atoms with Crippen LogP contribution in [0.15, 0.2) is 42.7 Å². The SMILES string of the molecule is CC1CN(c2ccc3c(C(=O)CCC(c4cnc(C(F)(F)F)nc4)N4CCC(F)(F)CC4)cccc3n2)CC(C)O1. The maximum atomic E-state index is 13.9. The highest BCUT2D eigenvalue weighted by molar-refractivity contribution is 6.07. The molecule has 1 aromatic carbocycles. The molecule has 0 bridgehead atoms. The quantitative estimate of drug-likeness (QED) is 0.249. The van der Waals surface area contributed by atoms with E-state index in [-0.39, 0.29) is 56.8 Å². The zero-order chi connectivity index (χ0) is 29.4. The van der Waals surface area contributed by atoms with Gasteiger partial charge in [-0.05, 0) is 38.5 Å². The van der Waals surface area contributed by atoms with Crippen molar-refractivity contribution in [2.24, 2.45) is 0 Å². The molecule has 2 aliphatic heterocycles. The molecule has 220 valence electrons. The number of benzene rings is 1. The number of carbonyl (C=O) groups is 1. The van der Waals surface area contributed by atoms with Crippen LogP contribution in [-0.4, -0.2) is 69.9 Å². The van der Waals surface area contributed by atoms with Crippen molar-refractivity contribution in [2.45, 2.75) is 69.9 Å². The van der Waals surface area contributed by atoms with Gasteiger partial charge in [-0.25, -0.2) is 23.7 Å². The van der Waals surface area contributed by atoms with Crippen LogP contribution in [0, 0.1) is 0 Å². The molecular formula is C29H32F5N5O2. The number of halogens is 5. The van der Waals surface area contributed by atoms with Crippen LogP contribution in [-0.2, 0) is 10.9 Å². The van der Waals surface area contributed by atoms with E-state index in [0.29, 0.717) is 35.1 Å². The number of rotatable bonds is 7. The van der Waals surface area contributed by atoms with E-state index >= 15 is 0 Å². The summed E-state index contributed by atoms with van der Waals surface area (Å²) >= 11 is 0. The number of nitrogens with zero attached hydrogens (tertiary/aromatic N) is 5. The van der Waals surface area contributed by atoms with Gasteiger partial charge in [0, 0.05) is 80.4 Å². The Morgan fingerprint density at radius 2 is 1.71 bits per heavy atom. The Bertz CT molecular complexity index is 1360. The molecule has 0 saturated carbocycles. The number of ketones is 1. The van der Waals surface area contributed by atoms with Gasteiger partial charge in [0.05, 0.1) is 17.7 Å². The lowest BCUT2D eigenvalue weighted by atomic mass is 9.94. The minimum absolute atomic E-state index is 0.0482. The molecule has 0 amide bonds. The van der Waals surface area contributed by atoms with Crippen LogP contribution >= 0.6 is 0 Å². The van der Waals surface area contributed by atoms with E-state index in [4.69, 9.17) is 9.72 Å². The van der Waals surface area contributed by atoms with Crippen molar-refractivity contribution in [3.63, 3.8) is 0 Å². The monoisotopic (exact) mass is 577 g/mol. The average molecular weight is 578 g/mol. The second-order valence-electron chi connectivity index (χ2n) is 10.9. The molecule has 0 spiro atoms. The van der Waals surface area contributed by atoms with Crippen molar-refractivity contribution in [1.82, 2.24) is 19.9 Å². The number of hydrogen-bond donors (Lipinski definition) is 0. The standard InChI is InChI=1S/C29H32F5N5O2/c1-18-16-39(17-19(2)41-18)26-9-6-21-22(4-3-5-23(21)37-26)25(40)8-7-24(38-12-10-28(30,31)11-13-38)20-14-35-27(36-15-20)29(32,33)34/h3-6,9,14-15,18-19,24H,7-8,10-13,16-17H2,1-2H3. The minimum Gasteiger partial charge on any atom is -0.372 e. The summed E-state index contributed by atoms with van der Waals surface area (Å²) in [5, 5.41) is 0.697. The third-order valence-electron chi connectivity index (χ3n) is 7.69. The molecule has 0 radical (unpaired) electrons. The van der Waals surface area contributed by atoms with Gasteiger partial charge in [-0.3, -0.25) is 9.69 Å². The van der Waals surface area contributed by atoms with E-state index in [1.54, 1.807) is 17.0 Å². The number of anilines is 1. The van der Waals surface area contributed by atoms with Crippen LogP contribution in [0.25, 0.3) is 10.9 Å². The maximum absolute atomic E-state index is 13.9. The van der Waals surface area contributed by atoms with Gasteiger partial charge in [-0.2, -0.15) is 13.2 Å². The predicted octanol–water partition coefficient (Wildman–Crippen LogP) is 6.09. The highest BCUT2D eigenvalue weighted by Gasteiger charge is 2.38. The van der Waals surface area contributed by atoms with Crippen molar-refractivity contribution < 1.29 is 31.5 Å². The van der Waals surface area contributed by atoms with Crippen LogP contribution in [0.2, 0.25) is 0 Å². The second-order valence-corrected chi connectivity index (χ2v) is 10.9. The summed E-state index contributed by atoms with van der Waals surface area (Å²) in [5.74, 6) is -3.43. The van der Waals surface area contributed by atoms with Gasteiger partial charge in [0.15, 0.2) is 5.78 Å². The number of ether oxygens (including phenoxy) is 1. The van der Waals surface area contributed by atoms with Gasteiger partial charge in [-0.15, -0.1) is 0 Å². The lowest BCUT2D eigenvalue weighted by molar-refractivity contribution is -0.145. The van der Waals surface area contributed by atoms with E-state index < -0.39 is 24.0 Å². The van der Waals surface area contributed by atoms with Gasteiger partial charge in [0.1, 0.15) is 5.82 Å². The summed E-state index contributed by atoms with van der Waals surface area (Å²) in [5.41, 5.74) is 1.51. The van der Waals surface area contributed by atoms with E-state index in [9.17, 15) is 26.7 Å². The second kappa shape index (κ2) is 11.6. The van der Waals surface area contributed by atoms with Crippen LogP contribution in [0.3, 0.4) is 0 Å². The number of carbonyl (C=O) groups excluding carboxylic acids is 1. The molecule has 0 aliphatic carbocycles. The topological polar surface area (TPSA) is 71.5 Å². The molecule has 2 fully saturated rings. The molecule has 2 aromatic heterocycles. The van der Waals surface area contributed by atoms with Crippen molar-refractivity contribution in [1.29, 1.82) is 0 Å². The van der Waals surface area contributed by atoms with E-state index in [1.165, 1.54) is 0 Å². The van der Waals surface area contributed by atoms with Gasteiger partial charge >= 0.3 is 6.18 Å². The lowest BCUT2D eigenvalue weighted by Crippen LogP contribution is -2.45. The van der Waals surface area contributed by atoms with Gasteiger partial charge in [0.2, 0.25) is 5.82 Å². The van der Waals surface area contributed by atoms with Crippen molar-refractivity contribution >= 4 is 22.5 Å². The number of Topliss-reactive ketones (excluding diaryl/α,β-unsaturated/α-hetero) is 1. The fourth-order valence-corrected chi connectivity index (χ4v) is 5.71. The number of alkyl halides is 5. The average Bonchev–Trinajstić information content (AvgIpc) is 2.92. The third kappa shape index (κ3) is 6.81. The summed E-state index contributed by atoms with van der Waals surface area (Å²) in [4.78, 5) is 29.1. The maximum Gasteiger partial charge on any atom is 0.451 e. The van der Waals surface area contributed by atoms with Crippen molar-refractivity contribution in [2.75, 3.05) is 31.1 Å². The Morgan fingerprint density at radius 1 is 1.05 bits per heavy atom. The molecule has 3 unspecified atom stereocenters. The van der Waals surface area contributed by atoms with E-state index in [1.807, 2.05) is 32.0 Å². The summed E-state index contributed by atoms with van der Waals surface area (Å²) in [6, 6.07) is 8.53. The number of pyridine rings is 1. The molecule has 2 aliphatic rings. The van der Waals surface area contributed by atoms with Crippen LogP contribution in [0.5, 0.6) is 0 Å². The summed E-state index contributed by atoms with van der Waals surface area (Å²) < 4.78 is 72.6. The minimum atomic E-state index is -4.70. The zero-order valence-corrected chi connectivity index (χ0v) is 22.9. The van der Waals surface area contributed by atoms with Crippen LogP contribution < -0.4 is 4.90 Å². The smallest absolute Gasteiger partial charge is 0.372 e. The van der Waals surface area contributed by atoms with Gasteiger partial charge < -0.3 is 9.64 Å². The number of likely N-dealkylation sites (tertiary alicyclic amines) is 1. The molecule has 12 heteroatoms. The Hall–Kier alpha value is -3.25. The molecule has 0 N–H and O–H groups in total. The Balaban J connectivity index is 1.35. The highest BCUT2D eigenvalue weighted by atomic mass is 19.4. The Kier molecular flexibility index (Phi) is 8.24. The molecule has 7 nitrogen and oxygen atoms in total. The van der Waals surface area contributed by atoms with Crippen LogP contribution in [0.1, 0.15) is 67.3 Å². The number of morpholine rings is 1. The number of piperidine rings is 1. The first-order chi connectivity index (χ1) is 19.4. The third-order valence-corrected chi connectivity index (χ3v) is 7.69. The molecule has 3 atom stereocenters. The first kappa shape index (κ1) is 29.2. The Labute approximate surface area is 234 Å². The lowest BCUT2D eigenvalue weighted by Gasteiger charge is -2.37. The largest absolute Gasteiger partial charge is 0.451 e. The molecule has 2 saturated heterocycles. The van der Waals surface area contributed by atoms with E-state index in [2.05, 4.69) is 14.9 Å². The van der Waals surface area contributed by atoms with Gasteiger partial charge in [-0.1, -0.05) is 12.1 Å². The molecule has 5 rings (SSSR count). The summed E-state index contributed by atoms with van der Waals surface area (Å²) in [6.07, 6.45) is -2.87. The molecule has 3 aromatic rings. The summed E-state index contributed by atoms with van der Waals surface area (Å²) in [6.45, 7) is 5.54. The molecule has 4 heterocycles. The first-order valence-corrected chi connectivity index (χ1v) is 13.7. The van der Waals surface area contributed by atoms with Crippen molar-refractivity contribution in [3.8, 4) is 0 Å². The van der Waals surface area contributed by atoms with Gasteiger partial charge in [0.25, 0.3) is 5.92 Å². The normalized spacial score (nSPS) is 22.6. The Morgan fingerprint density at radius 3 is 2.34 bits per heavy atom. The number of fused-ring (bicyclic) bond motifs is 1. The fraction of sp³-hybridized carbons (Fsp3) is 0.517. The van der Waals surface area contributed by atoms with Crippen molar-refractivity contribution in [3.05, 3.63) is 59.7 Å². The predicted molar refractivity (Wildman–Crippen MR) is 143 cm³/mol. The highest BCUT2D eigenvalue weighted by Crippen LogP contribution is 2.35. The van der Waals surface area contributed by atoms with Crippen LogP contribution in [0.4, 0.5) is 27.8 Å². The van der Waals surface area contributed by atoms with E-state index in [0.717, 1.165) is 18.2 Å². The molecule has 41 heavy (non-hydrogen) atoms. The number of aromatic nitrogens is 3.